The van der Waals surface area contributed by atoms with Crippen LogP contribution in [0.15, 0.2) is 16.9 Å². The molecular weight excluding hydrogens is 264 g/mol. The van der Waals surface area contributed by atoms with E-state index in [-0.39, 0.29) is 0 Å². The van der Waals surface area contributed by atoms with Gasteiger partial charge >= 0.3 is 0 Å². The van der Waals surface area contributed by atoms with Crippen LogP contribution in [-0.4, -0.2) is 23.5 Å². The van der Waals surface area contributed by atoms with Crippen molar-refractivity contribution in [3.8, 4) is 0 Å². The largest absolute Gasteiger partial charge is 0.299 e. The Balaban J connectivity index is 2.43. The van der Waals surface area contributed by atoms with Crippen LogP contribution in [0.4, 0.5) is 0 Å². The third kappa shape index (κ3) is 2.16. The Kier molecular flexibility index (Phi) is 3.65. The molecule has 0 spiro atoms. The molecule has 1 saturated heterocycles. The Morgan fingerprint density at radius 1 is 1.44 bits per heavy atom. The van der Waals surface area contributed by atoms with E-state index in [1.54, 1.807) is 0 Å². The molecule has 1 unspecified atom stereocenters. The maximum Gasteiger partial charge on any atom is 0.0413 e. The van der Waals surface area contributed by atoms with Crippen molar-refractivity contribution >= 4 is 15.9 Å². The molecule has 2 heterocycles. The van der Waals surface area contributed by atoms with Crippen molar-refractivity contribution < 1.29 is 0 Å². The van der Waals surface area contributed by atoms with Gasteiger partial charge in [-0.25, -0.2) is 0 Å². The number of hydrogen-bond acceptors (Lipinski definition) is 2. The predicted molar refractivity (Wildman–Crippen MR) is 70.6 cm³/mol. The van der Waals surface area contributed by atoms with Gasteiger partial charge in [-0.2, -0.15) is 0 Å². The Hall–Kier alpha value is -0.410. The van der Waals surface area contributed by atoms with E-state index >= 15 is 0 Å². The summed E-state index contributed by atoms with van der Waals surface area (Å²) in [6.07, 6.45) is 6.51. The molecule has 0 aromatic carbocycles. The van der Waals surface area contributed by atoms with Crippen LogP contribution in [0.5, 0.6) is 0 Å². The van der Waals surface area contributed by atoms with Crippen molar-refractivity contribution in [1.29, 1.82) is 0 Å². The molecule has 0 saturated carbocycles. The van der Waals surface area contributed by atoms with Crippen LogP contribution in [0, 0.1) is 0 Å². The second kappa shape index (κ2) is 4.84. The Labute approximate surface area is 106 Å². The maximum absolute atomic E-state index is 4.33. The van der Waals surface area contributed by atoms with E-state index < -0.39 is 0 Å². The first-order valence-electron chi connectivity index (χ1n) is 5.94. The molecule has 1 atom stereocenters. The fraction of sp³-hybridized carbons (Fsp3) is 0.615. The van der Waals surface area contributed by atoms with Gasteiger partial charge < -0.3 is 0 Å². The molecular formula is C13H19BrN2. The van der Waals surface area contributed by atoms with E-state index in [1.165, 1.54) is 30.5 Å². The number of nitrogens with zero attached hydrogens (tertiary/aromatic N) is 2. The van der Waals surface area contributed by atoms with Gasteiger partial charge in [0.15, 0.2) is 0 Å². The minimum atomic E-state index is 0.543. The van der Waals surface area contributed by atoms with E-state index in [0.29, 0.717) is 12.0 Å². The fourth-order valence-corrected chi connectivity index (χ4v) is 3.44. The molecule has 1 aromatic heterocycles. The Bertz CT molecular complexity index is 376. The summed E-state index contributed by atoms with van der Waals surface area (Å²) in [6.45, 7) is 5.70. The first-order valence-corrected chi connectivity index (χ1v) is 6.74. The third-order valence-electron chi connectivity index (χ3n) is 3.43. The van der Waals surface area contributed by atoms with Gasteiger partial charge in [0.1, 0.15) is 0 Å². The molecule has 16 heavy (non-hydrogen) atoms. The molecule has 1 aliphatic heterocycles. The third-order valence-corrected chi connectivity index (χ3v) is 4.06. The molecule has 3 heteroatoms. The lowest BCUT2D eigenvalue weighted by atomic mass is 9.93. The number of aromatic nitrogens is 1. The summed E-state index contributed by atoms with van der Waals surface area (Å²) < 4.78 is 1.15. The molecule has 0 aliphatic carbocycles. The van der Waals surface area contributed by atoms with Crippen LogP contribution in [0.3, 0.4) is 0 Å². The number of hydrogen-bond donors (Lipinski definition) is 0. The van der Waals surface area contributed by atoms with E-state index in [4.69, 9.17) is 0 Å². The van der Waals surface area contributed by atoms with Crippen molar-refractivity contribution in [2.75, 3.05) is 13.6 Å². The zero-order chi connectivity index (χ0) is 11.7. The lowest BCUT2D eigenvalue weighted by Crippen LogP contribution is -2.19. The van der Waals surface area contributed by atoms with Crippen LogP contribution in [-0.2, 0) is 0 Å². The van der Waals surface area contributed by atoms with Crippen molar-refractivity contribution in [2.45, 2.75) is 38.6 Å². The fourth-order valence-electron chi connectivity index (χ4n) is 2.64. The van der Waals surface area contributed by atoms with Gasteiger partial charge in [0.25, 0.3) is 0 Å². The van der Waals surface area contributed by atoms with E-state index in [0.717, 1.165) is 4.47 Å². The SMILES string of the molecule is CC(C)c1c(Br)cncc1C1CCCN1C. The summed E-state index contributed by atoms with van der Waals surface area (Å²) >= 11 is 3.63. The molecule has 2 nitrogen and oxygen atoms in total. The number of rotatable bonds is 2. The van der Waals surface area contributed by atoms with Gasteiger partial charge in [-0.3, -0.25) is 9.88 Å². The summed E-state index contributed by atoms with van der Waals surface area (Å²) in [7, 11) is 2.21. The summed E-state index contributed by atoms with van der Waals surface area (Å²) in [5.41, 5.74) is 2.83. The van der Waals surface area contributed by atoms with Gasteiger partial charge in [0.2, 0.25) is 0 Å². The van der Waals surface area contributed by atoms with Gasteiger partial charge in [-0.1, -0.05) is 13.8 Å². The summed E-state index contributed by atoms with van der Waals surface area (Å²) in [5, 5.41) is 0. The average Bonchev–Trinajstić information content (AvgIpc) is 2.63. The molecule has 0 bridgehead atoms. The summed E-state index contributed by atoms with van der Waals surface area (Å²) in [4.78, 5) is 6.77. The van der Waals surface area contributed by atoms with Crippen LogP contribution in [0.1, 0.15) is 49.8 Å². The highest BCUT2D eigenvalue weighted by Crippen LogP contribution is 2.37. The van der Waals surface area contributed by atoms with Gasteiger partial charge in [-0.05, 0) is 59.4 Å². The van der Waals surface area contributed by atoms with E-state index in [1.807, 2.05) is 12.4 Å². The van der Waals surface area contributed by atoms with Crippen molar-refractivity contribution in [3.63, 3.8) is 0 Å². The Morgan fingerprint density at radius 3 is 2.75 bits per heavy atom. The van der Waals surface area contributed by atoms with E-state index in [2.05, 4.69) is 46.7 Å². The normalized spacial score (nSPS) is 21.9. The topological polar surface area (TPSA) is 16.1 Å². The second-order valence-corrected chi connectivity index (χ2v) is 5.77. The molecule has 88 valence electrons. The average molecular weight is 283 g/mol. The summed E-state index contributed by atoms with van der Waals surface area (Å²) in [6, 6.07) is 0.558. The van der Waals surface area contributed by atoms with E-state index in [9.17, 15) is 0 Å². The van der Waals surface area contributed by atoms with Crippen LogP contribution < -0.4 is 0 Å². The molecule has 0 N–H and O–H groups in total. The van der Waals surface area contributed by atoms with Gasteiger partial charge in [0.05, 0.1) is 0 Å². The molecule has 0 radical (unpaired) electrons. The zero-order valence-electron chi connectivity index (χ0n) is 10.2. The minimum absolute atomic E-state index is 0.543. The molecule has 0 amide bonds. The Morgan fingerprint density at radius 2 is 2.19 bits per heavy atom. The number of likely N-dealkylation sites (tertiary alicyclic amines) is 1. The monoisotopic (exact) mass is 282 g/mol. The van der Waals surface area contributed by atoms with Crippen molar-refractivity contribution in [3.05, 3.63) is 28.0 Å². The summed E-state index contributed by atoms with van der Waals surface area (Å²) in [5.74, 6) is 0.543. The minimum Gasteiger partial charge on any atom is -0.299 e. The molecule has 1 aromatic rings. The predicted octanol–water partition coefficient (Wildman–Crippen LogP) is 3.73. The zero-order valence-corrected chi connectivity index (χ0v) is 11.8. The highest BCUT2D eigenvalue weighted by atomic mass is 79.9. The first kappa shape index (κ1) is 12.1. The van der Waals surface area contributed by atoms with Crippen LogP contribution in [0.25, 0.3) is 0 Å². The highest BCUT2D eigenvalue weighted by Gasteiger charge is 2.26. The molecule has 2 rings (SSSR count). The first-order chi connectivity index (χ1) is 7.61. The second-order valence-electron chi connectivity index (χ2n) is 4.92. The molecule has 1 aliphatic rings. The number of halogens is 1. The van der Waals surface area contributed by atoms with Crippen LogP contribution >= 0.6 is 15.9 Å². The standard InChI is InChI=1S/C13H19BrN2/c1-9(2)13-10(7-15-8-11(13)14)12-5-4-6-16(12)3/h7-9,12H,4-6H2,1-3H3. The van der Waals surface area contributed by atoms with Crippen LogP contribution in [0.2, 0.25) is 0 Å². The maximum atomic E-state index is 4.33. The van der Waals surface area contributed by atoms with Crippen molar-refractivity contribution in [2.24, 2.45) is 0 Å². The lowest BCUT2D eigenvalue weighted by Gasteiger charge is -2.24. The van der Waals surface area contributed by atoms with Gasteiger partial charge in [0, 0.05) is 22.9 Å². The lowest BCUT2D eigenvalue weighted by molar-refractivity contribution is 0.315. The number of pyridine rings is 1. The highest BCUT2D eigenvalue weighted by molar-refractivity contribution is 9.10. The molecule has 1 fully saturated rings. The van der Waals surface area contributed by atoms with Crippen molar-refractivity contribution in [1.82, 2.24) is 9.88 Å². The van der Waals surface area contributed by atoms with Gasteiger partial charge in [-0.15, -0.1) is 0 Å². The quantitative estimate of drug-likeness (QED) is 0.822. The smallest absolute Gasteiger partial charge is 0.0413 e.